The molecular formula is C10H6N2O5. The number of aromatic hydroxyl groups is 1. The normalized spacial score (nSPS) is 10.4. The molecule has 0 bridgehead atoms. The van der Waals surface area contributed by atoms with Gasteiger partial charge < -0.3 is 10.1 Å². The van der Waals surface area contributed by atoms with E-state index >= 15 is 0 Å². The van der Waals surface area contributed by atoms with Crippen molar-refractivity contribution in [2.24, 2.45) is 0 Å². The first-order valence-electron chi connectivity index (χ1n) is 4.54. The van der Waals surface area contributed by atoms with Crippen LogP contribution in [0.25, 0.3) is 10.9 Å². The van der Waals surface area contributed by atoms with Gasteiger partial charge in [0.2, 0.25) is 0 Å². The predicted octanol–water partition coefficient (Wildman–Crippen LogP) is 0.502. The van der Waals surface area contributed by atoms with Gasteiger partial charge in [-0.2, -0.15) is 0 Å². The predicted molar refractivity (Wildman–Crippen MR) is 59.2 cm³/mol. The molecule has 0 atom stereocenters. The van der Waals surface area contributed by atoms with Gasteiger partial charge in [-0.15, -0.1) is 0 Å². The molecule has 0 radical (unpaired) electrons. The Hall–Kier alpha value is -2.70. The maximum Gasteiger partial charge on any atom is 0.290 e. The van der Waals surface area contributed by atoms with Crippen molar-refractivity contribution in [3.63, 3.8) is 0 Å². The van der Waals surface area contributed by atoms with Gasteiger partial charge in [0.15, 0.2) is 11.2 Å². The first kappa shape index (κ1) is 10.8. The Kier molecular flexibility index (Phi) is 2.36. The molecule has 0 saturated heterocycles. The van der Waals surface area contributed by atoms with Gasteiger partial charge in [-0.1, -0.05) is 6.07 Å². The van der Waals surface area contributed by atoms with Gasteiger partial charge in [0.25, 0.3) is 11.2 Å². The molecule has 2 rings (SSSR count). The van der Waals surface area contributed by atoms with Gasteiger partial charge in [0.05, 0.1) is 10.4 Å². The Morgan fingerprint density at radius 3 is 2.65 bits per heavy atom. The number of nitro benzene ring substituents is 1. The second-order valence-corrected chi connectivity index (χ2v) is 3.30. The smallest absolute Gasteiger partial charge is 0.290 e. The monoisotopic (exact) mass is 234 g/mol. The molecule has 0 saturated carbocycles. The minimum Gasteiger partial charge on any atom is -0.503 e. The molecule has 0 aliphatic heterocycles. The molecule has 1 heterocycles. The van der Waals surface area contributed by atoms with Crippen LogP contribution in [0, 0.1) is 10.1 Å². The van der Waals surface area contributed by atoms with Crippen LogP contribution in [-0.2, 0) is 0 Å². The van der Waals surface area contributed by atoms with E-state index < -0.39 is 27.3 Å². The lowest BCUT2D eigenvalue weighted by molar-refractivity contribution is -0.383. The molecule has 7 heteroatoms. The minimum atomic E-state index is -0.877. The molecule has 0 unspecified atom stereocenters. The average Bonchev–Trinajstić information content (AvgIpc) is 2.37. The van der Waals surface area contributed by atoms with E-state index in [0.29, 0.717) is 6.07 Å². The number of nitrogens with zero attached hydrogens (tertiary/aromatic N) is 1. The fourth-order valence-electron chi connectivity index (χ4n) is 1.50. The van der Waals surface area contributed by atoms with Crippen LogP contribution >= 0.6 is 0 Å². The van der Waals surface area contributed by atoms with Crippen molar-refractivity contribution in [3.8, 4) is 5.75 Å². The van der Waals surface area contributed by atoms with E-state index in [2.05, 4.69) is 4.98 Å². The Morgan fingerprint density at radius 1 is 1.29 bits per heavy atom. The van der Waals surface area contributed by atoms with E-state index in [9.17, 15) is 24.8 Å². The summed E-state index contributed by atoms with van der Waals surface area (Å²) < 4.78 is 0. The van der Waals surface area contributed by atoms with E-state index in [1.54, 1.807) is 0 Å². The van der Waals surface area contributed by atoms with Gasteiger partial charge in [-0.25, -0.2) is 0 Å². The van der Waals surface area contributed by atoms with E-state index in [1.165, 1.54) is 12.1 Å². The summed E-state index contributed by atoms with van der Waals surface area (Å²) >= 11 is 0. The summed E-state index contributed by atoms with van der Waals surface area (Å²) in [4.78, 5) is 35.1. The molecule has 17 heavy (non-hydrogen) atoms. The van der Waals surface area contributed by atoms with Crippen molar-refractivity contribution >= 4 is 16.6 Å². The van der Waals surface area contributed by atoms with E-state index in [1.807, 2.05) is 0 Å². The third kappa shape index (κ3) is 1.73. The molecule has 1 aromatic carbocycles. The third-order valence-corrected chi connectivity index (χ3v) is 2.23. The Balaban J connectivity index is 3.13. The van der Waals surface area contributed by atoms with Crippen molar-refractivity contribution in [2.45, 2.75) is 0 Å². The molecule has 2 N–H and O–H groups in total. The highest BCUT2D eigenvalue weighted by Gasteiger charge is 2.14. The summed E-state index contributed by atoms with van der Waals surface area (Å²) in [6, 6.07) is 4.50. The molecule has 0 aliphatic rings. The lowest BCUT2D eigenvalue weighted by Crippen LogP contribution is -2.00. The quantitative estimate of drug-likeness (QED) is 0.551. The van der Waals surface area contributed by atoms with Gasteiger partial charge in [0, 0.05) is 12.1 Å². The fourth-order valence-corrected chi connectivity index (χ4v) is 1.50. The lowest BCUT2D eigenvalue weighted by Gasteiger charge is -1.93. The highest BCUT2D eigenvalue weighted by Crippen LogP contribution is 2.19. The topological polar surface area (TPSA) is 113 Å². The van der Waals surface area contributed by atoms with Crippen LogP contribution in [-0.4, -0.2) is 15.0 Å². The Morgan fingerprint density at radius 2 is 2.00 bits per heavy atom. The Bertz CT molecular complexity index is 735. The highest BCUT2D eigenvalue weighted by atomic mass is 16.6. The molecule has 2 aromatic rings. The summed E-state index contributed by atoms with van der Waals surface area (Å²) in [7, 11) is 0. The molecule has 0 aliphatic carbocycles. The van der Waals surface area contributed by atoms with Crippen LogP contribution < -0.4 is 11.0 Å². The molecule has 0 spiro atoms. The second-order valence-electron chi connectivity index (χ2n) is 3.30. The summed E-state index contributed by atoms with van der Waals surface area (Å²) in [6.45, 7) is 0. The fraction of sp³-hybridized carbons (Fsp3) is 0. The number of hydrogen-bond acceptors (Lipinski definition) is 5. The molecule has 86 valence electrons. The van der Waals surface area contributed by atoms with Crippen LogP contribution in [0.3, 0.4) is 0 Å². The number of nitro groups is 1. The van der Waals surface area contributed by atoms with Gasteiger partial charge in [-0.3, -0.25) is 19.7 Å². The average molecular weight is 234 g/mol. The van der Waals surface area contributed by atoms with Gasteiger partial charge >= 0.3 is 0 Å². The maximum atomic E-state index is 11.7. The number of hydrogen-bond donors (Lipinski definition) is 2. The van der Waals surface area contributed by atoms with Crippen molar-refractivity contribution in [3.05, 3.63) is 55.0 Å². The zero-order valence-corrected chi connectivity index (χ0v) is 8.34. The molecule has 0 fully saturated rings. The molecule has 0 amide bonds. The van der Waals surface area contributed by atoms with Crippen LogP contribution in [0.5, 0.6) is 5.75 Å². The highest BCUT2D eigenvalue weighted by molar-refractivity contribution is 5.87. The van der Waals surface area contributed by atoms with Crippen molar-refractivity contribution < 1.29 is 10.0 Å². The number of benzene rings is 1. The zero-order chi connectivity index (χ0) is 12.6. The van der Waals surface area contributed by atoms with Crippen molar-refractivity contribution in [1.82, 2.24) is 4.98 Å². The number of H-pyrrole nitrogens is 1. The number of aromatic nitrogens is 1. The van der Waals surface area contributed by atoms with Crippen LogP contribution in [0.4, 0.5) is 5.69 Å². The maximum absolute atomic E-state index is 11.7. The number of nitrogens with one attached hydrogen (secondary N) is 1. The Labute approximate surface area is 93.1 Å². The number of non-ortho nitro benzene ring substituents is 1. The van der Waals surface area contributed by atoms with Crippen LogP contribution in [0.2, 0.25) is 0 Å². The van der Waals surface area contributed by atoms with Gasteiger partial charge in [-0.05, 0) is 6.07 Å². The largest absolute Gasteiger partial charge is 0.503 e. The van der Waals surface area contributed by atoms with E-state index in [4.69, 9.17) is 0 Å². The molecule has 7 nitrogen and oxygen atoms in total. The van der Waals surface area contributed by atoms with Crippen LogP contribution in [0.1, 0.15) is 0 Å². The lowest BCUT2D eigenvalue weighted by atomic mass is 10.2. The first-order valence-corrected chi connectivity index (χ1v) is 4.54. The van der Waals surface area contributed by atoms with Crippen molar-refractivity contribution in [2.75, 3.05) is 0 Å². The summed E-state index contributed by atoms with van der Waals surface area (Å²) in [6.07, 6.45) is 0. The zero-order valence-electron chi connectivity index (χ0n) is 8.34. The van der Waals surface area contributed by atoms with Gasteiger partial charge in [0.1, 0.15) is 5.39 Å². The minimum absolute atomic E-state index is 0.00880. The van der Waals surface area contributed by atoms with Crippen molar-refractivity contribution in [1.29, 1.82) is 0 Å². The van der Waals surface area contributed by atoms with E-state index in [-0.39, 0.29) is 10.9 Å². The summed E-state index contributed by atoms with van der Waals surface area (Å²) in [5.41, 5.74) is -2.08. The van der Waals surface area contributed by atoms with Crippen LogP contribution in [0.15, 0.2) is 33.9 Å². The SMILES string of the molecule is O=c1[nH]c2cccc([N+](=O)[O-])c2c(=O)cc1O. The number of rotatable bonds is 1. The number of aromatic amines is 1. The summed E-state index contributed by atoms with van der Waals surface area (Å²) in [5.74, 6) is -0.777. The summed E-state index contributed by atoms with van der Waals surface area (Å²) in [5, 5.41) is 19.7. The molecule has 1 aromatic heterocycles. The number of fused-ring (bicyclic) bond motifs is 1. The first-order chi connectivity index (χ1) is 8.00. The van der Waals surface area contributed by atoms with E-state index in [0.717, 1.165) is 6.07 Å². The third-order valence-electron chi connectivity index (χ3n) is 2.23. The standard InChI is InChI=1S/C10H6N2O5/c13-7-4-8(14)10(15)11-5-2-1-3-6(9(5)7)12(16)17/h1-4,14H,(H,11,15). The second kappa shape index (κ2) is 3.71. The molecular weight excluding hydrogens is 228 g/mol.